The molecule has 2 aliphatic heterocycles. The Morgan fingerprint density at radius 2 is 1.27 bits per heavy atom. The van der Waals surface area contributed by atoms with E-state index in [0.717, 1.165) is 0 Å². The zero-order valence-corrected chi connectivity index (χ0v) is 18.9. The van der Waals surface area contributed by atoms with Crippen LogP contribution in [0, 0.1) is 0 Å². The second-order valence-corrected chi connectivity index (χ2v) is 9.17. The third kappa shape index (κ3) is 4.39. The zero-order valence-electron chi connectivity index (χ0n) is 18.9. The van der Waals surface area contributed by atoms with E-state index in [1.165, 1.54) is 81.0 Å². The van der Waals surface area contributed by atoms with Gasteiger partial charge in [0.1, 0.15) is 5.66 Å². The molecule has 4 rings (SSSR count). The van der Waals surface area contributed by atoms with Crippen molar-refractivity contribution in [3.63, 3.8) is 0 Å². The van der Waals surface area contributed by atoms with E-state index in [0.29, 0.717) is 12.1 Å². The summed E-state index contributed by atoms with van der Waals surface area (Å²) in [6, 6.07) is 23.0. The van der Waals surface area contributed by atoms with E-state index in [1.807, 2.05) is 0 Å². The standard InChI is InChI=1S/C28H38N2/c1-3-5-7-15-21-28(22-16-8-6-4-2)29-25(23-17-11-9-12-18-23)27-26(30(27)28)24-19-13-10-14-20-24/h9-14,17-20,26-27H,3-8,15-16,21-22H2,1-2H3. The van der Waals surface area contributed by atoms with Crippen molar-refractivity contribution in [1.29, 1.82) is 0 Å². The fourth-order valence-electron chi connectivity index (χ4n) is 5.38. The van der Waals surface area contributed by atoms with Crippen molar-refractivity contribution >= 4 is 5.71 Å². The van der Waals surface area contributed by atoms with Gasteiger partial charge in [0.15, 0.2) is 0 Å². The van der Waals surface area contributed by atoms with Gasteiger partial charge in [-0.2, -0.15) is 0 Å². The Kier molecular flexibility index (Phi) is 7.04. The molecule has 2 heterocycles. The number of hydrogen-bond donors (Lipinski definition) is 0. The molecule has 2 aromatic carbocycles. The minimum atomic E-state index is -0.00215. The lowest BCUT2D eigenvalue weighted by Gasteiger charge is -2.31. The normalized spacial score (nSPS) is 23.8. The molecule has 0 amide bonds. The van der Waals surface area contributed by atoms with E-state index >= 15 is 0 Å². The Labute approximate surface area is 183 Å². The lowest BCUT2D eigenvalue weighted by molar-refractivity contribution is 0.183. The average Bonchev–Trinajstić information content (AvgIpc) is 3.46. The van der Waals surface area contributed by atoms with Gasteiger partial charge in [0.05, 0.1) is 17.8 Å². The summed E-state index contributed by atoms with van der Waals surface area (Å²) in [6.45, 7) is 4.60. The molecule has 2 nitrogen and oxygen atoms in total. The van der Waals surface area contributed by atoms with Crippen LogP contribution in [-0.2, 0) is 0 Å². The second-order valence-electron chi connectivity index (χ2n) is 9.17. The summed E-state index contributed by atoms with van der Waals surface area (Å²) in [5.41, 5.74) is 4.10. The molecule has 3 unspecified atom stereocenters. The molecule has 1 saturated heterocycles. The summed E-state index contributed by atoms with van der Waals surface area (Å²) in [5, 5.41) is 0. The highest BCUT2D eigenvalue weighted by Gasteiger charge is 2.64. The molecular formula is C28H38N2. The number of aliphatic imine (C=N–C) groups is 1. The summed E-state index contributed by atoms with van der Waals surface area (Å²) in [4.78, 5) is 8.30. The Morgan fingerprint density at radius 1 is 0.700 bits per heavy atom. The molecule has 0 radical (unpaired) electrons. The van der Waals surface area contributed by atoms with Gasteiger partial charge in [0.25, 0.3) is 0 Å². The van der Waals surface area contributed by atoms with Gasteiger partial charge in [0.2, 0.25) is 0 Å². The van der Waals surface area contributed by atoms with Crippen LogP contribution in [-0.4, -0.2) is 22.3 Å². The van der Waals surface area contributed by atoms with E-state index < -0.39 is 0 Å². The fourth-order valence-corrected chi connectivity index (χ4v) is 5.38. The van der Waals surface area contributed by atoms with Gasteiger partial charge < -0.3 is 0 Å². The first-order chi connectivity index (χ1) is 14.8. The van der Waals surface area contributed by atoms with E-state index in [9.17, 15) is 0 Å². The minimum Gasteiger partial charge on any atom is -0.265 e. The fraction of sp³-hybridized carbons (Fsp3) is 0.536. The summed E-state index contributed by atoms with van der Waals surface area (Å²) < 4.78 is 0. The molecule has 0 N–H and O–H groups in total. The smallest absolute Gasteiger partial charge is 0.114 e. The third-order valence-corrected chi connectivity index (χ3v) is 6.97. The number of benzene rings is 2. The van der Waals surface area contributed by atoms with E-state index in [4.69, 9.17) is 4.99 Å². The van der Waals surface area contributed by atoms with Crippen LogP contribution in [0.25, 0.3) is 0 Å². The van der Waals surface area contributed by atoms with Crippen LogP contribution in [0.1, 0.15) is 95.2 Å². The molecule has 2 heteroatoms. The maximum absolute atomic E-state index is 5.53. The van der Waals surface area contributed by atoms with Gasteiger partial charge in [-0.15, -0.1) is 0 Å². The molecule has 2 aromatic rings. The minimum absolute atomic E-state index is 0.00215. The highest BCUT2D eigenvalue weighted by molar-refractivity contribution is 6.08. The lowest BCUT2D eigenvalue weighted by atomic mass is 9.93. The van der Waals surface area contributed by atoms with Crippen molar-refractivity contribution in [3.8, 4) is 0 Å². The Morgan fingerprint density at radius 3 is 1.83 bits per heavy atom. The predicted octanol–water partition coefficient (Wildman–Crippen LogP) is 7.55. The average molecular weight is 403 g/mol. The largest absolute Gasteiger partial charge is 0.265 e. The monoisotopic (exact) mass is 402 g/mol. The van der Waals surface area contributed by atoms with Gasteiger partial charge in [-0.1, -0.05) is 113 Å². The molecule has 160 valence electrons. The van der Waals surface area contributed by atoms with Crippen LogP contribution in [0.3, 0.4) is 0 Å². The van der Waals surface area contributed by atoms with Crippen LogP contribution >= 0.6 is 0 Å². The number of nitrogens with zero attached hydrogens (tertiary/aromatic N) is 2. The van der Waals surface area contributed by atoms with Gasteiger partial charge in [-0.25, -0.2) is 0 Å². The molecular weight excluding hydrogens is 364 g/mol. The van der Waals surface area contributed by atoms with Gasteiger partial charge in [0, 0.05) is 0 Å². The van der Waals surface area contributed by atoms with Crippen LogP contribution in [0.5, 0.6) is 0 Å². The van der Waals surface area contributed by atoms with Crippen molar-refractivity contribution < 1.29 is 0 Å². The molecule has 30 heavy (non-hydrogen) atoms. The Bertz CT molecular complexity index is 799. The molecule has 0 saturated carbocycles. The van der Waals surface area contributed by atoms with Crippen LogP contribution in [0.2, 0.25) is 0 Å². The molecule has 0 bridgehead atoms. The maximum Gasteiger partial charge on any atom is 0.114 e. The van der Waals surface area contributed by atoms with Crippen molar-refractivity contribution in [2.45, 2.75) is 95.8 Å². The second kappa shape index (κ2) is 9.92. The van der Waals surface area contributed by atoms with Crippen LogP contribution in [0.15, 0.2) is 65.7 Å². The quantitative estimate of drug-likeness (QED) is 0.264. The summed E-state index contributed by atoms with van der Waals surface area (Å²) in [5.74, 6) is 0. The van der Waals surface area contributed by atoms with Gasteiger partial charge in [-0.3, -0.25) is 9.89 Å². The van der Waals surface area contributed by atoms with Crippen molar-refractivity contribution in [2.24, 2.45) is 4.99 Å². The Hall–Kier alpha value is -1.93. The molecule has 0 spiro atoms. The SMILES string of the molecule is CCCCCCC1(CCCCCC)N=C(c2ccccc2)C2C(c3ccccc3)N21. The van der Waals surface area contributed by atoms with Gasteiger partial charge in [-0.05, 0) is 36.8 Å². The predicted molar refractivity (Wildman–Crippen MR) is 128 cm³/mol. The van der Waals surface area contributed by atoms with Gasteiger partial charge >= 0.3 is 0 Å². The highest BCUT2D eigenvalue weighted by Crippen LogP contribution is 2.58. The number of rotatable bonds is 12. The molecule has 1 fully saturated rings. The van der Waals surface area contributed by atoms with Crippen LogP contribution in [0.4, 0.5) is 0 Å². The van der Waals surface area contributed by atoms with Crippen molar-refractivity contribution in [3.05, 3.63) is 71.8 Å². The van der Waals surface area contributed by atoms with Crippen molar-refractivity contribution in [1.82, 2.24) is 4.90 Å². The topological polar surface area (TPSA) is 15.4 Å². The van der Waals surface area contributed by atoms with Crippen molar-refractivity contribution in [2.75, 3.05) is 0 Å². The maximum atomic E-state index is 5.53. The molecule has 3 atom stereocenters. The summed E-state index contributed by atoms with van der Waals surface area (Å²) in [6.07, 6.45) is 12.9. The van der Waals surface area contributed by atoms with E-state index in [-0.39, 0.29) is 5.66 Å². The first-order valence-corrected chi connectivity index (χ1v) is 12.3. The Balaban J connectivity index is 1.63. The van der Waals surface area contributed by atoms with E-state index in [2.05, 4.69) is 79.4 Å². The first kappa shape index (κ1) is 21.3. The first-order valence-electron chi connectivity index (χ1n) is 12.3. The summed E-state index contributed by atoms with van der Waals surface area (Å²) >= 11 is 0. The lowest BCUT2D eigenvalue weighted by Crippen LogP contribution is -2.34. The third-order valence-electron chi connectivity index (χ3n) is 6.97. The zero-order chi connectivity index (χ0) is 20.8. The van der Waals surface area contributed by atoms with E-state index in [1.54, 1.807) is 0 Å². The number of unbranched alkanes of at least 4 members (excludes halogenated alkanes) is 6. The molecule has 0 aliphatic carbocycles. The molecule has 0 aromatic heterocycles. The molecule has 2 aliphatic rings. The van der Waals surface area contributed by atoms with Crippen LogP contribution < -0.4 is 0 Å². The highest BCUT2D eigenvalue weighted by atomic mass is 15.5. The summed E-state index contributed by atoms with van der Waals surface area (Å²) in [7, 11) is 0. The number of hydrogen-bond acceptors (Lipinski definition) is 2. The number of fused-ring (bicyclic) bond motifs is 1.